The molecule has 0 aromatic carbocycles. The highest BCUT2D eigenvalue weighted by Crippen LogP contribution is 2.40. The van der Waals surface area contributed by atoms with Crippen LogP contribution in [0.15, 0.2) is 12.3 Å². The Balaban J connectivity index is 2.02. The third-order valence-electron chi connectivity index (χ3n) is 4.62. The van der Waals surface area contributed by atoms with E-state index in [0.29, 0.717) is 17.8 Å². The lowest BCUT2D eigenvalue weighted by molar-refractivity contribution is 0.0855. The summed E-state index contributed by atoms with van der Waals surface area (Å²) in [6.45, 7) is 7.43. The number of aromatic nitrogens is 1. The molecule has 0 aliphatic heterocycles. The first-order valence-electron chi connectivity index (χ1n) is 8.13. The Morgan fingerprint density at radius 2 is 1.82 bits per heavy atom. The van der Waals surface area contributed by atoms with Crippen molar-refractivity contribution >= 4 is 0 Å². The molecule has 0 saturated heterocycles. The molecule has 1 fully saturated rings. The lowest BCUT2D eigenvalue weighted by Gasteiger charge is -2.37. The van der Waals surface area contributed by atoms with Crippen LogP contribution in [-0.4, -0.2) is 25.3 Å². The average molecular weight is 307 g/mol. The number of methoxy groups -OCH3 is 2. The van der Waals surface area contributed by atoms with Crippen LogP contribution in [0.2, 0.25) is 0 Å². The quantitative estimate of drug-likeness (QED) is 0.816. The molecular weight excluding hydrogens is 278 g/mol. The Bertz CT molecular complexity index is 474. The van der Waals surface area contributed by atoms with Crippen molar-refractivity contribution in [2.45, 2.75) is 59.2 Å². The summed E-state index contributed by atoms with van der Waals surface area (Å²) in [7, 11) is 3.31. The Morgan fingerprint density at radius 1 is 1.14 bits per heavy atom. The van der Waals surface area contributed by atoms with Gasteiger partial charge in [0.1, 0.15) is 5.69 Å². The predicted octanol–water partition coefficient (Wildman–Crippen LogP) is 4.22. The van der Waals surface area contributed by atoms with Crippen LogP contribution in [0.25, 0.3) is 0 Å². The fraction of sp³-hybridized carbons (Fsp3) is 0.722. The third-order valence-corrected chi connectivity index (χ3v) is 4.62. The van der Waals surface area contributed by atoms with E-state index in [1.54, 1.807) is 20.4 Å². The summed E-state index contributed by atoms with van der Waals surface area (Å²) in [6.07, 6.45) is 6.69. The molecule has 1 aliphatic rings. The number of pyridine rings is 1. The first kappa shape index (κ1) is 17.1. The van der Waals surface area contributed by atoms with Crippen molar-refractivity contribution in [2.75, 3.05) is 14.2 Å². The molecule has 1 heterocycles. The van der Waals surface area contributed by atoms with Gasteiger partial charge in [0.2, 0.25) is 0 Å². The number of rotatable bonds is 5. The lowest BCUT2D eigenvalue weighted by atomic mass is 9.72. The van der Waals surface area contributed by atoms with Crippen LogP contribution in [0.5, 0.6) is 11.5 Å². The highest BCUT2D eigenvalue weighted by Gasteiger charge is 2.30. The van der Waals surface area contributed by atoms with Gasteiger partial charge in [-0.05, 0) is 37.0 Å². The van der Waals surface area contributed by atoms with E-state index in [1.807, 2.05) is 6.07 Å². The van der Waals surface area contributed by atoms with E-state index in [9.17, 15) is 0 Å². The Kier molecular flexibility index (Phi) is 5.68. The summed E-state index contributed by atoms with van der Waals surface area (Å²) in [5, 5.41) is 0. The zero-order valence-electron chi connectivity index (χ0n) is 14.5. The molecule has 1 aromatic heterocycles. The van der Waals surface area contributed by atoms with Gasteiger partial charge in [0.25, 0.3) is 0 Å². The molecular formula is C18H29NO3. The summed E-state index contributed by atoms with van der Waals surface area (Å²) < 4.78 is 16.9. The van der Waals surface area contributed by atoms with Gasteiger partial charge < -0.3 is 14.2 Å². The maximum atomic E-state index is 6.20. The molecule has 0 radical (unpaired) electrons. The number of ether oxygens (including phenoxy) is 3. The summed E-state index contributed by atoms with van der Waals surface area (Å²) in [5.41, 5.74) is 1.18. The van der Waals surface area contributed by atoms with Crippen LogP contribution < -0.4 is 9.47 Å². The molecule has 0 atom stereocenters. The van der Waals surface area contributed by atoms with Gasteiger partial charge in [-0.2, -0.15) is 0 Å². The van der Waals surface area contributed by atoms with Crippen molar-refractivity contribution in [3.8, 4) is 11.5 Å². The van der Waals surface area contributed by atoms with Crippen molar-refractivity contribution in [1.82, 2.24) is 4.98 Å². The van der Waals surface area contributed by atoms with Crippen molar-refractivity contribution in [3.63, 3.8) is 0 Å². The third kappa shape index (κ3) is 4.13. The molecule has 0 unspecified atom stereocenters. The Labute approximate surface area is 134 Å². The molecule has 124 valence electrons. The topological polar surface area (TPSA) is 40.6 Å². The van der Waals surface area contributed by atoms with E-state index in [2.05, 4.69) is 25.8 Å². The molecule has 0 spiro atoms. The molecule has 2 rings (SSSR count). The largest absolute Gasteiger partial charge is 0.491 e. The van der Waals surface area contributed by atoms with E-state index >= 15 is 0 Å². The molecule has 22 heavy (non-hydrogen) atoms. The normalized spacial score (nSPS) is 22.4. The van der Waals surface area contributed by atoms with Crippen LogP contribution in [0.1, 0.15) is 52.1 Å². The first-order chi connectivity index (χ1) is 10.5. The number of hydrogen-bond donors (Lipinski definition) is 0. The van der Waals surface area contributed by atoms with Gasteiger partial charge >= 0.3 is 0 Å². The molecule has 0 bridgehead atoms. The van der Waals surface area contributed by atoms with Gasteiger partial charge in [0, 0.05) is 19.4 Å². The second-order valence-electron chi connectivity index (χ2n) is 7.18. The number of hydrogen-bond acceptors (Lipinski definition) is 4. The van der Waals surface area contributed by atoms with Gasteiger partial charge in [-0.3, -0.25) is 4.98 Å². The zero-order chi connectivity index (χ0) is 16.2. The Morgan fingerprint density at radius 3 is 2.36 bits per heavy atom. The minimum absolute atomic E-state index is 0.269. The van der Waals surface area contributed by atoms with Crippen molar-refractivity contribution < 1.29 is 14.2 Å². The maximum Gasteiger partial charge on any atom is 0.184 e. The monoisotopic (exact) mass is 307 g/mol. The van der Waals surface area contributed by atoms with Crippen LogP contribution in [0, 0.1) is 11.3 Å². The van der Waals surface area contributed by atoms with E-state index in [0.717, 1.165) is 30.2 Å². The second kappa shape index (κ2) is 7.32. The summed E-state index contributed by atoms with van der Waals surface area (Å²) >= 11 is 0. The van der Waals surface area contributed by atoms with E-state index in [-0.39, 0.29) is 6.10 Å². The maximum absolute atomic E-state index is 6.20. The molecule has 0 N–H and O–H groups in total. The van der Waals surface area contributed by atoms with Crippen molar-refractivity contribution in [3.05, 3.63) is 18.0 Å². The van der Waals surface area contributed by atoms with E-state index < -0.39 is 0 Å². The number of nitrogens with zero attached hydrogens (tertiary/aromatic N) is 1. The second-order valence-corrected chi connectivity index (χ2v) is 7.18. The first-order valence-corrected chi connectivity index (χ1v) is 8.13. The van der Waals surface area contributed by atoms with Gasteiger partial charge in [0.05, 0.1) is 19.8 Å². The van der Waals surface area contributed by atoms with E-state index in [4.69, 9.17) is 14.2 Å². The van der Waals surface area contributed by atoms with Crippen LogP contribution in [-0.2, 0) is 11.3 Å². The standard InChI is InChI=1S/C18H29NO3/c1-18(2,3)13-6-8-14(9-7-13)22-16-10-11-19-15(12-20-4)17(16)21-5/h10-11,13-14H,6-9,12H2,1-5H3. The molecule has 1 saturated carbocycles. The summed E-state index contributed by atoms with van der Waals surface area (Å²) in [6, 6.07) is 1.88. The minimum atomic E-state index is 0.269. The average Bonchev–Trinajstić information content (AvgIpc) is 2.47. The Hall–Kier alpha value is -1.29. The fourth-order valence-corrected chi connectivity index (χ4v) is 3.25. The molecule has 1 aromatic rings. The van der Waals surface area contributed by atoms with Crippen molar-refractivity contribution in [1.29, 1.82) is 0 Å². The lowest BCUT2D eigenvalue weighted by Crippen LogP contribution is -2.30. The van der Waals surface area contributed by atoms with Crippen LogP contribution >= 0.6 is 0 Å². The predicted molar refractivity (Wildman–Crippen MR) is 87.3 cm³/mol. The highest BCUT2D eigenvalue weighted by molar-refractivity contribution is 5.42. The zero-order valence-corrected chi connectivity index (χ0v) is 14.5. The minimum Gasteiger partial charge on any atom is -0.491 e. The van der Waals surface area contributed by atoms with Gasteiger partial charge in [-0.25, -0.2) is 0 Å². The highest BCUT2D eigenvalue weighted by atomic mass is 16.5. The molecule has 1 aliphatic carbocycles. The van der Waals surface area contributed by atoms with Crippen molar-refractivity contribution in [2.24, 2.45) is 11.3 Å². The summed E-state index contributed by atoms with van der Waals surface area (Å²) in [5.74, 6) is 2.27. The summed E-state index contributed by atoms with van der Waals surface area (Å²) in [4.78, 5) is 4.31. The molecule has 4 nitrogen and oxygen atoms in total. The molecule has 4 heteroatoms. The smallest absolute Gasteiger partial charge is 0.184 e. The molecule has 0 amide bonds. The van der Waals surface area contributed by atoms with Crippen LogP contribution in [0.3, 0.4) is 0 Å². The van der Waals surface area contributed by atoms with E-state index in [1.165, 1.54) is 12.8 Å². The van der Waals surface area contributed by atoms with Gasteiger partial charge in [-0.15, -0.1) is 0 Å². The van der Waals surface area contributed by atoms with Gasteiger partial charge in [0.15, 0.2) is 11.5 Å². The van der Waals surface area contributed by atoms with Gasteiger partial charge in [-0.1, -0.05) is 20.8 Å². The van der Waals surface area contributed by atoms with Crippen LogP contribution in [0.4, 0.5) is 0 Å². The SMILES string of the molecule is COCc1nccc(OC2CCC(C(C)(C)C)CC2)c1OC. The fourth-order valence-electron chi connectivity index (χ4n) is 3.25.